The summed E-state index contributed by atoms with van der Waals surface area (Å²) >= 11 is 0. The summed E-state index contributed by atoms with van der Waals surface area (Å²) in [5.41, 5.74) is 4.69. The minimum atomic E-state index is -0.509. The van der Waals surface area contributed by atoms with Crippen molar-refractivity contribution < 1.29 is 14.5 Å². The van der Waals surface area contributed by atoms with Crippen LogP contribution in [0.4, 0.5) is 5.69 Å². The van der Waals surface area contributed by atoms with Crippen LogP contribution in [0.5, 0.6) is 0 Å². The van der Waals surface area contributed by atoms with E-state index in [2.05, 4.69) is 10.5 Å². The van der Waals surface area contributed by atoms with E-state index in [1.165, 1.54) is 30.5 Å². The monoisotopic (exact) mass is 279 g/mol. The molecule has 1 aromatic rings. The van der Waals surface area contributed by atoms with Gasteiger partial charge in [-0.3, -0.25) is 25.1 Å². The first-order valence-corrected chi connectivity index (χ1v) is 5.58. The normalized spacial score (nSPS) is 10.2. The van der Waals surface area contributed by atoms with Gasteiger partial charge in [0.1, 0.15) is 0 Å². The van der Waals surface area contributed by atoms with Gasteiger partial charge in [-0.25, -0.2) is 11.3 Å². The van der Waals surface area contributed by atoms with Crippen LogP contribution in [0.3, 0.4) is 0 Å². The third kappa shape index (κ3) is 5.23. The van der Waals surface area contributed by atoms with E-state index in [9.17, 15) is 19.7 Å². The van der Waals surface area contributed by atoms with Crippen molar-refractivity contribution in [3.05, 3.63) is 39.9 Å². The minimum absolute atomic E-state index is 0.0287. The van der Waals surface area contributed by atoms with Gasteiger partial charge in [0.15, 0.2) is 0 Å². The maximum atomic E-state index is 11.3. The van der Waals surface area contributed by atoms with Gasteiger partial charge in [0.05, 0.1) is 11.1 Å². The Labute approximate surface area is 114 Å². The van der Waals surface area contributed by atoms with E-state index < -0.39 is 16.7 Å². The van der Waals surface area contributed by atoms with Crippen molar-refractivity contribution in [2.75, 3.05) is 0 Å². The Morgan fingerprint density at radius 2 is 1.85 bits per heavy atom. The van der Waals surface area contributed by atoms with Crippen LogP contribution in [-0.2, 0) is 9.59 Å². The lowest BCUT2D eigenvalue weighted by atomic mass is 10.2. The minimum Gasteiger partial charge on any atom is -0.294 e. The molecule has 0 spiro atoms. The predicted molar refractivity (Wildman–Crippen MR) is 70.4 cm³/mol. The molecule has 0 fully saturated rings. The first kappa shape index (κ1) is 15.2. The number of hydrogen-bond acceptors (Lipinski definition) is 6. The van der Waals surface area contributed by atoms with Gasteiger partial charge < -0.3 is 0 Å². The molecule has 1 aromatic carbocycles. The van der Waals surface area contributed by atoms with Crippen LogP contribution in [0.1, 0.15) is 18.4 Å². The number of nitro groups is 1. The van der Waals surface area contributed by atoms with Gasteiger partial charge in [0, 0.05) is 25.0 Å². The van der Waals surface area contributed by atoms with Crippen molar-refractivity contribution in [3.63, 3.8) is 0 Å². The van der Waals surface area contributed by atoms with E-state index in [0.717, 1.165) is 0 Å². The smallest absolute Gasteiger partial charge is 0.269 e. The lowest BCUT2D eigenvalue weighted by molar-refractivity contribution is -0.384. The Morgan fingerprint density at radius 3 is 2.40 bits per heavy atom. The van der Waals surface area contributed by atoms with Crippen molar-refractivity contribution in [3.8, 4) is 0 Å². The van der Waals surface area contributed by atoms with Crippen molar-refractivity contribution in [2.45, 2.75) is 12.8 Å². The van der Waals surface area contributed by atoms with Crippen LogP contribution in [0.25, 0.3) is 0 Å². The number of benzene rings is 1. The topological polar surface area (TPSA) is 140 Å². The second-order valence-corrected chi connectivity index (χ2v) is 3.71. The van der Waals surface area contributed by atoms with E-state index in [-0.39, 0.29) is 18.5 Å². The van der Waals surface area contributed by atoms with E-state index in [0.29, 0.717) is 5.56 Å². The Kier molecular flexibility index (Phi) is 5.78. The number of nitrogens with one attached hydrogen (secondary N) is 2. The molecule has 0 aromatic heterocycles. The second-order valence-electron chi connectivity index (χ2n) is 3.71. The summed E-state index contributed by atoms with van der Waals surface area (Å²) in [6, 6.07) is 5.65. The Balaban J connectivity index is 2.42. The summed E-state index contributed by atoms with van der Waals surface area (Å²) in [7, 11) is 0. The number of hydrazone groups is 1. The van der Waals surface area contributed by atoms with E-state index in [1.54, 1.807) is 0 Å². The SMILES string of the molecule is NNC(=O)CCC(=O)N/N=C\c1ccc([N+](=O)[O-])cc1. The first-order chi connectivity index (χ1) is 9.52. The van der Waals surface area contributed by atoms with E-state index in [4.69, 9.17) is 5.84 Å². The lowest BCUT2D eigenvalue weighted by Crippen LogP contribution is -2.31. The molecular formula is C11H13N5O4. The molecule has 0 atom stereocenters. The van der Waals surface area contributed by atoms with Gasteiger partial charge >= 0.3 is 0 Å². The number of carbonyl (C=O) groups excluding carboxylic acids is 2. The van der Waals surface area contributed by atoms with Gasteiger partial charge in [-0.2, -0.15) is 5.10 Å². The molecule has 0 saturated carbocycles. The van der Waals surface area contributed by atoms with Crippen LogP contribution < -0.4 is 16.7 Å². The summed E-state index contributed by atoms with van der Waals surface area (Å²) in [6.45, 7) is 0. The fourth-order valence-electron chi connectivity index (χ4n) is 1.22. The number of hydrogen-bond donors (Lipinski definition) is 3. The highest BCUT2D eigenvalue weighted by Crippen LogP contribution is 2.10. The van der Waals surface area contributed by atoms with E-state index >= 15 is 0 Å². The molecule has 0 unspecified atom stereocenters. The second kappa shape index (κ2) is 7.59. The Hall–Kier alpha value is -2.81. The molecule has 0 aliphatic heterocycles. The molecule has 0 radical (unpaired) electrons. The summed E-state index contributed by atoms with van der Waals surface area (Å²) in [4.78, 5) is 32.0. The Bertz CT molecular complexity index is 526. The molecule has 0 aliphatic rings. The number of amides is 2. The number of hydrazine groups is 1. The molecule has 4 N–H and O–H groups in total. The Morgan fingerprint density at radius 1 is 1.25 bits per heavy atom. The molecular weight excluding hydrogens is 266 g/mol. The van der Waals surface area contributed by atoms with Crippen LogP contribution in [0.2, 0.25) is 0 Å². The third-order valence-electron chi connectivity index (χ3n) is 2.25. The zero-order valence-corrected chi connectivity index (χ0v) is 10.4. The number of nitrogens with two attached hydrogens (primary N) is 1. The fraction of sp³-hybridized carbons (Fsp3) is 0.182. The third-order valence-corrected chi connectivity index (χ3v) is 2.25. The molecule has 0 heterocycles. The van der Waals surface area contributed by atoms with Gasteiger partial charge in [-0.1, -0.05) is 0 Å². The summed E-state index contributed by atoms with van der Waals surface area (Å²) in [5.74, 6) is 3.98. The number of non-ortho nitro benzene ring substituents is 1. The van der Waals surface area contributed by atoms with Crippen LogP contribution >= 0.6 is 0 Å². The highest BCUT2D eigenvalue weighted by Gasteiger charge is 2.04. The molecule has 0 saturated heterocycles. The quantitative estimate of drug-likeness (QED) is 0.218. The highest BCUT2D eigenvalue weighted by atomic mass is 16.6. The summed E-state index contributed by atoms with van der Waals surface area (Å²) < 4.78 is 0. The maximum Gasteiger partial charge on any atom is 0.269 e. The van der Waals surface area contributed by atoms with Crippen molar-refractivity contribution in [1.82, 2.24) is 10.9 Å². The van der Waals surface area contributed by atoms with Crippen molar-refractivity contribution in [1.29, 1.82) is 0 Å². The summed E-state index contributed by atoms with van der Waals surface area (Å²) in [6.07, 6.45) is 1.26. The molecule has 20 heavy (non-hydrogen) atoms. The van der Waals surface area contributed by atoms with Crippen LogP contribution in [0.15, 0.2) is 29.4 Å². The van der Waals surface area contributed by atoms with Gasteiger partial charge in [-0.05, 0) is 17.7 Å². The number of carbonyl (C=O) groups is 2. The van der Waals surface area contributed by atoms with Crippen LogP contribution in [0, 0.1) is 10.1 Å². The van der Waals surface area contributed by atoms with Crippen molar-refractivity contribution >= 4 is 23.7 Å². The van der Waals surface area contributed by atoms with Gasteiger partial charge in [0.2, 0.25) is 11.8 Å². The maximum absolute atomic E-state index is 11.3. The lowest BCUT2D eigenvalue weighted by Gasteiger charge is -1.99. The van der Waals surface area contributed by atoms with Gasteiger partial charge in [0.25, 0.3) is 5.69 Å². The molecule has 106 valence electrons. The fourth-order valence-corrected chi connectivity index (χ4v) is 1.22. The average Bonchev–Trinajstić information content (AvgIpc) is 2.45. The largest absolute Gasteiger partial charge is 0.294 e. The van der Waals surface area contributed by atoms with Gasteiger partial charge in [-0.15, -0.1) is 0 Å². The molecule has 1 rings (SSSR count). The number of nitro benzene ring substituents is 1. The molecule has 0 aliphatic carbocycles. The zero-order valence-electron chi connectivity index (χ0n) is 10.4. The van der Waals surface area contributed by atoms with E-state index in [1.807, 2.05) is 5.43 Å². The molecule has 9 nitrogen and oxygen atoms in total. The highest BCUT2D eigenvalue weighted by molar-refractivity contribution is 5.85. The number of rotatable bonds is 6. The number of nitrogens with zero attached hydrogens (tertiary/aromatic N) is 2. The molecule has 2 amide bonds. The van der Waals surface area contributed by atoms with Crippen molar-refractivity contribution in [2.24, 2.45) is 10.9 Å². The average molecular weight is 279 g/mol. The molecule has 9 heteroatoms. The predicted octanol–water partition coefficient (Wildman–Crippen LogP) is -0.185. The standard InChI is InChI=1S/C11H13N5O4/c12-14-10(17)5-6-11(18)15-13-7-8-1-3-9(4-2-8)16(19)20/h1-4,7H,5-6,12H2,(H,14,17)(H,15,18)/b13-7-. The summed E-state index contributed by atoms with van der Waals surface area (Å²) in [5, 5.41) is 14.1. The first-order valence-electron chi connectivity index (χ1n) is 5.58. The van der Waals surface area contributed by atoms with Crippen LogP contribution in [-0.4, -0.2) is 23.0 Å². The zero-order chi connectivity index (χ0) is 15.0. The molecule has 0 bridgehead atoms.